The maximum atomic E-state index is 13.3. The highest BCUT2D eigenvalue weighted by Crippen LogP contribution is 2.16. The van der Waals surface area contributed by atoms with Crippen molar-refractivity contribution in [3.63, 3.8) is 0 Å². The highest BCUT2D eigenvalue weighted by atomic mass is 35.5. The van der Waals surface area contributed by atoms with Gasteiger partial charge in [0.25, 0.3) is 0 Å². The lowest BCUT2D eigenvalue weighted by molar-refractivity contribution is 0.601. The highest BCUT2D eigenvalue weighted by Gasteiger charge is 2.02. The van der Waals surface area contributed by atoms with Crippen molar-refractivity contribution in [2.75, 3.05) is 6.54 Å². The SMILES string of the molecule is NC(N)=NCCCCc1cc(Cl)ccc1F. The molecular weight excluding hydrogens is 229 g/mol. The smallest absolute Gasteiger partial charge is 0.185 e. The molecule has 0 saturated heterocycles. The van der Waals surface area contributed by atoms with E-state index >= 15 is 0 Å². The normalized spacial score (nSPS) is 10.1. The van der Waals surface area contributed by atoms with E-state index in [9.17, 15) is 4.39 Å². The van der Waals surface area contributed by atoms with E-state index in [1.54, 1.807) is 12.1 Å². The fourth-order valence-electron chi connectivity index (χ4n) is 1.37. The topological polar surface area (TPSA) is 64.4 Å². The van der Waals surface area contributed by atoms with E-state index in [0.29, 0.717) is 23.6 Å². The summed E-state index contributed by atoms with van der Waals surface area (Å²) in [5, 5.41) is 0.556. The number of rotatable bonds is 5. The second kappa shape index (κ2) is 6.33. The largest absolute Gasteiger partial charge is 0.370 e. The van der Waals surface area contributed by atoms with Crippen LogP contribution in [0.4, 0.5) is 4.39 Å². The second-order valence-corrected chi connectivity index (χ2v) is 3.94. The van der Waals surface area contributed by atoms with E-state index in [1.165, 1.54) is 6.07 Å². The average molecular weight is 244 g/mol. The molecule has 88 valence electrons. The van der Waals surface area contributed by atoms with Crippen molar-refractivity contribution in [3.8, 4) is 0 Å². The summed E-state index contributed by atoms with van der Waals surface area (Å²) < 4.78 is 13.3. The van der Waals surface area contributed by atoms with Crippen molar-refractivity contribution in [3.05, 3.63) is 34.6 Å². The Balaban J connectivity index is 2.37. The lowest BCUT2D eigenvalue weighted by Gasteiger charge is -2.03. The van der Waals surface area contributed by atoms with Gasteiger partial charge in [-0.05, 0) is 43.0 Å². The molecule has 0 bridgehead atoms. The molecule has 3 nitrogen and oxygen atoms in total. The summed E-state index contributed by atoms with van der Waals surface area (Å²) in [6.45, 7) is 0.574. The molecule has 0 amide bonds. The number of halogens is 2. The predicted molar refractivity (Wildman–Crippen MR) is 65.0 cm³/mol. The molecule has 4 N–H and O–H groups in total. The molecule has 0 aromatic heterocycles. The molecule has 0 atom stereocenters. The van der Waals surface area contributed by atoms with Gasteiger partial charge in [0.05, 0.1) is 0 Å². The third-order valence-corrected chi connectivity index (χ3v) is 2.39. The number of hydrogen-bond donors (Lipinski definition) is 2. The van der Waals surface area contributed by atoms with Gasteiger partial charge in [0.2, 0.25) is 0 Å². The van der Waals surface area contributed by atoms with Crippen LogP contribution in [0.2, 0.25) is 5.02 Å². The Bertz CT molecular complexity index is 375. The van der Waals surface area contributed by atoms with E-state index in [1.807, 2.05) is 0 Å². The Morgan fingerprint density at radius 3 is 2.75 bits per heavy atom. The monoisotopic (exact) mass is 243 g/mol. The lowest BCUT2D eigenvalue weighted by atomic mass is 10.1. The fraction of sp³-hybridized carbons (Fsp3) is 0.364. The molecule has 0 heterocycles. The summed E-state index contributed by atoms with van der Waals surface area (Å²) in [6.07, 6.45) is 2.30. The van der Waals surface area contributed by atoms with Gasteiger partial charge in [-0.3, -0.25) is 4.99 Å². The zero-order chi connectivity index (χ0) is 12.0. The molecule has 0 saturated carbocycles. The first kappa shape index (κ1) is 12.8. The van der Waals surface area contributed by atoms with Gasteiger partial charge in [0.1, 0.15) is 5.82 Å². The Labute approximate surface area is 99.3 Å². The molecule has 0 aliphatic rings. The number of aliphatic imine (C=N–C) groups is 1. The van der Waals surface area contributed by atoms with E-state index in [0.717, 1.165) is 12.8 Å². The van der Waals surface area contributed by atoms with E-state index in [4.69, 9.17) is 23.1 Å². The maximum absolute atomic E-state index is 13.3. The van der Waals surface area contributed by atoms with Crippen molar-refractivity contribution in [2.24, 2.45) is 16.5 Å². The summed E-state index contributed by atoms with van der Waals surface area (Å²) in [4.78, 5) is 3.85. The summed E-state index contributed by atoms with van der Waals surface area (Å²) >= 11 is 5.78. The van der Waals surface area contributed by atoms with E-state index < -0.39 is 0 Å². The van der Waals surface area contributed by atoms with Crippen molar-refractivity contribution >= 4 is 17.6 Å². The van der Waals surface area contributed by atoms with Crippen LogP contribution < -0.4 is 11.5 Å². The van der Waals surface area contributed by atoms with Gasteiger partial charge >= 0.3 is 0 Å². The Hall–Kier alpha value is -1.29. The summed E-state index contributed by atoms with van der Waals surface area (Å²) in [5.41, 5.74) is 11.0. The minimum Gasteiger partial charge on any atom is -0.370 e. The third-order valence-electron chi connectivity index (χ3n) is 2.16. The van der Waals surface area contributed by atoms with Gasteiger partial charge < -0.3 is 11.5 Å². The minimum atomic E-state index is -0.216. The minimum absolute atomic E-state index is 0.0916. The molecule has 0 aliphatic heterocycles. The van der Waals surface area contributed by atoms with Gasteiger partial charge in [-0.15, -0.1) is 0 Å². The molecule has 5 heteroatoms. The standard InChI is InChI=1S/C11H15ClFN3/c12-9-4-5-10(13)8(7-9)3-1-2-6-16-11(14)15/h4-5,7H,1-3,6H2,(H4,14,15,16). The first-order valence-electron chi connectivity index (χ1n) is 5.09. The van der Waals surface area contributed by atoms with Crippen molar-refractivity contribution in [1.29, 1.82) is 0 Å². The van der Waals surface area contributed by atoms with Crippen molar-refractivity contribution in [1.82, 2.24) is 0 Å². The first-order chi connectivity index (χ1) is 7.59. The first-order valence-corrected chi connectivity index (χ1v) is 5.46. The van der Waals surface area contributed by atoms with Gasteiger partial charge in [-0.1, -0.05) is 11.6 Å². The van der Waals surface area contributed by atoms with Crippen LogP contribution >= 0.6 is 11.6 Å². The second-order valence-electron chi connectivity index (χ2n) is 3.50. The Morgan fingerprint density at radius 1 is 1.31 bits per heavy atom. The van der Waals surface area contributed by atoms with Crippen LogP contribution in [0.3, 0.4) is 0 Å². The molecule has 0 fully saturated rings. The average Bonchev–Trinajstić information content (AvgIpc) is 2.22. The third kappa shape index (κ3) is 4.49. The van der Waals surface area contributed by atoms with Crippen molar-refractivity contribution in [2.45, 2.75) is 19.3 Å². The zero-order valence-corrected chi connectivity index (χ0v) is 9.67. The Kier molecular flexibility index (Phi) is 5.05. The predicted octanol–water partition coefficient (Wildman–Crippen LogP) is 2.08. The van der Waals surface area contributed by atoms with Gasteiger partial charge in [0, 0.05) is 11.6 Å². The molecule has 16 heavy (non-hydrogen) atoms. The molecular formula is C11H15ClFN3. The van der Waals surface area contributed by atoms with Crippen LogP contribution in [0.5, 0.6) is 0 Å². The summed E-state index contributed by atoms with van der Waals surface area (Å²) in [7, 11) is 0. The Morgan fingerprint density at radius 2 is 2.06 bits per heavy atom. The van der Waals surface area contributed by atoms with Gasteiger partial charge in [0.15, 0.2) is 5.96 Å². The maximum Gasteiger partial charge on any atom is 0.185 e. The van der Waals surface area contributed by atoms with Gasteiger partial charge in [-0.2, -0.15) is 0 Å². The number of hydrogen-bond acceptors (Lipinski definition) is 1. The molecule has 0 spiro atoms. The van der Waals surface area contributed by atoms with Crippen LogP contribution in [-0.2, 0) is 6.42 Å². The van der Waals surface area contributed by atoms with Crippen LogP contribution in [0.15, 0.2) is 23.2 Å². The van der Waals surface area contributed by atoms with Crippen LogP contribution in [0.25, 0.3) is 0 Å². The van der Waals surface area contributed by atoms with E-state index in [-0.39, 0.29) is 11.8 Å². The number of unbranched alkanes of at least 4 members (excludes halogenated alkanes) is 1. The summed E-state index contributed by atoms with van der Waals surface area (Å²) in [6, 6.07) is 4.57. The molecule has 1 aromatic carbocycles. The summed E-state index contributed by atoms with van der Waals surface area (Å²) in [5.74, 6) is -0.125. The number of benzene rings is 1. The number of nitrogens with zero attached hydrogens (tertiary/aromatic N) is 1. The number of aryl methyl sites for hydroxylation is 1. The zero-order valence-electron chi connectivity index (χ0n) is 8.92. The van der Waals surface area contributed by atoms with Crippen LogP contribution in [0, 0.1) is 5.82 Å². The lowest BCUT2D eigenvalue weighted by Crippen LogP contribution is -2.22. The molecule has 1 aromatic rings. The number of guanidine groups is 1. The van der Waals surface area contributed by atoms with Crippen molar-refractivity contribution < 1.29 is 4.39 Å². The molecule has 0 aliphatic carbocycles. The molecule has 0 radical (unpaired) electrons. The molecule has 0 unspecified atom stereocenters. The molecule has 1 rings (SSSR count). The fourth-order valence-corrected chi connectivity index (χ4v) is 1.57. The number of nitrogens with two attached hydrogens (primary N) is 2. The highest BCUT2D eigenvalue weighted by molar-refractivity contribution is 6.30. The van der Waals surface area contributed by atoms with E-state index in [2.05, 4.69) is 4.99 Å². The van der Waals surface area contributed by atoms with Crippen LogP contribution in [-0.4, -0.2) is 12.5 Å². The van der Waals surface area contributed by atoms with Crippen LogP contribution in [0.1, 0.15) is 18.4 Å². The quantitative estimate of drug-likeness (QED) is 0.472. The van der Waals surface area contributed by atoms with Gasteiger partial charge in [-0.25, -0.2) is 4.39 Å².